The summed E-state index contributed by atoms with van der Waals surface area (Å²) in [4.78, 5) is 11.2. The van der Waals surface area contributed by atoms with Crippen LogP contribution in [0.25, 0.3) is 0 Å². The van der Waals surface area contributed by atoms with Crippen LogP contribution in [0.5, 0.6) is 0 Å². The van der Waals surface area contributed by atoms with Crippen LogP contribution in [0.15, 0.2) is 12.7 Å². The molecule has 0 radical (unpaired) electrons. The van der Waals surface area contributed by atoms with Gasteiger partial charge in [0.1, 0.15) is 0 Å². The van der Waals surface area contributed by atoms with E-state index in [4.69, 9.17) is 4.74 Å². The second-order valence-corrected chi connectivity index (χ2v) is 4.82. The van der Waals surface area contributed by atoms with Gasteiger partial charge in [0.25, 0.3) is 0 Å². The Bertz CT molecular complexity index is 224. The molecule has 94 valence electrons. The Balaban J connectivity index is 3.94. The van der Waals surface area contributed by atoms with E-state index < -0.39 is 0 Å². The molecule has 0 fully saturated rings. The highest BCUT2D eigenvalue weighted by Crippen LogP contribution is 2.14. The molecule has 0 aromatic heterocycles. The van der Waals surface area contributed by atoms with E-state index in [2.05, 4.69) is 18.8 Å². The molecule has 0 saturated heterocycles. The molecule has 0 rings (SSSR count). The van der Waals surface area contributed by atoms with E-state index in [1.165, 1.54) is 6.08 Å². The van der Waals surface area contributed by atoms with Gasteiger partial charge in [0.2, 0.25) is 5.91 Å². The fourth-order valence-electron chi connectivity index (χ4n) is 1.64. The minimum Gasteiger partial charge on any atom is -0.378 e. The standard InChI is InChI=1S/C13H25NO2/c1-6-8-9-16-11(3)10-13(4,5)14-12(15)7-2/h7,11H,2,6,8-10H2,1,3-5H3,(H,14,15). The van der Waals surface area contributed by atoms with Crippen LogP contribution in [-0.2, 0) is 9.53 Å². The highest BCUT2D eigenvalue weighted by atomic mass is 16.5. The number of nitrogens with one attached hydrogen (secondary N) is 1. The molecule has 3 nitrogen and oxygen atoms in total. The third-order valence-corrected chi connectivity index (χ3v) is 2.35. The van der Waals surface area contributed by atoms with Crippen LogP contribution >= 0.6 is 0 Å². The first-order chi connectivity index (χ1) is 7.41. The summed E-state index contributed by atoms with van der Waals surface area (Å²) in [7, 11) is 0. The number of carbonyl (C=O) groups is 1. The van der Waals surface area contributed by atoms with Crippen LogP contribution in [0.4, 0.5) is 0 Å². The van der Waals surface area contributed by atoms with E-state index in [1.54, 1.807) is 0 Å². The Morgan fingerprint density at radius 2 is 2.19 bits per heavy atom. The maximum atomic E-state index is 11.2. The Hall–Kier alpha value is -0.830. The molecule has 0 aliphatic carbocycles. The summed E-state index contributed by atoms with van der Waals surface area (Å²) in [5.74, 6) is -0.134. The van der Waals surface area contributed by atoms with Crippen molar-refractivity contribution in [1.29, 1.82) is 0 Å². The summed E-state index contributed by atoms with van der Waals surface area (Å²) in [5.41, 5.74) is -0.253. The minimum absolute atomic E-state index is 0.134. The molecule has 0 spiro atoms. The van der Waals surface area contributed by atoms with Gasteiger partial charge in [0, 0.05) is 12.1 Å². The van der Waals surface area contributed by atoms with Gasteiger partial charge in [-0.15, -0.1) is 0 Å². The van der Waals surface area contributed by atoms with Gasteiger partial charge in [0.15, 0.2) is 0 Å². The number of ether oxygens (including phenoxy) is 1. The van der Waals surface area contributed by atoms with Crippen LogP contribution in [0.1, 0.15) is 47.0 Å². The molecule has 1 unspecified atom stereocenters. The molecule has 0 bridgehead atoms. The molecule has 0 aromatic rings. The van der Waals surface area contributed by atoms with Gasteiger partial charge < -0.3 is 10.1 Å². The molecule has 0 aromatic carbocycles. The van der Waals surface area contributed by atoms with Crippen molar-refractivity contribution in [3.8, 4) is 0 Å². The maximum Gasteiger partial charge on any atom is 0.243 e. The number of hydrogen-bond acceptors (Lipinski definition) is 2. The van der Waals surface area contributed by atoms with Crippen molar-refractivity contribution in [2.75, 3.05) is 6.61 Å². The highest BCUT2D eigenvalue weighted by molar-refractivity contribution is 5.87. The normalized spacial score (nSPS) is 13.2. The summed E-state index contributed by atoms with van der Waals surface area (Å²) in [6, 6.07) is 0. The van der Waals surface area contributed by atoms with Crippen molar-refractivity contribution in [2.24, 2.45) is 0 Å². The molecule has 0 heterocycles. The number of unbranched alkanes of at least 4 members (excludes halogenated alkanes) is 1. The van der Waals surface area contributed by atoms with Gasteiger partial charge in [-0.05, 0) is 39.7 Å². The first-order valence-electron chi connectivity index (χ1n) is 5.97. The summed E-state index contributed by atoms with van der Waals surface area (Å²) >= 11 is 0. The second-order valence-electron chi connectivity index (χ2n) is 4.82. The lowest BCUT2D eigenvalue weighted by molar-refractivity contribution is -0.118. The molecule has 16 heavy (non-hydrogen) atoms. The van der Waals surface area contributed by atoms with Crippen molar-refractivity contribution >= 4 is 5.91 Å². The zero-order valence-corrected chi connectivity index (χ0v) is 11.0. The smallest absolute Gasteiger partial charge is 0.243 e. The lowest BCUT2D eigenvalue weighted by Gasteiger charge is -2.28. The maximum absolute atomic E-state index is 11.2. The first kappa shape index (κ1) is 15.2. The van der Waals surface area contributed by atoms with Crippen LogP contribution in [0.3, 0.4) is 0 Å². The van der Waals surface area contributed by atoms with Gasteiger partial charge in [-0.2, -0.15) is 0 Å². The van der Waals surface area contributed by atoms with E-state index in [9.17, 15) is 4.79 Å². The fraction of sp³-hybridized carbons (Fsp3) is 0.769. The minimum atomic E-state index is -0.253. The predicted octanol–water partition coefficient (Wildman–Crippen LogP) is 2.66. The molecule has 3 heteroatoms. The molecule has 0 saturated carbocycles. The number of amides is 1. The number of rotatable bonds is 8. The van der Waals surface area contributed by atoms with Crippen LogP contribution < -0.4 is 5.32 Å². The van der Waals surface area contributed by atoms with E-state index in [-0.39, 0.29) is 17.6 Å². The highest BCUT2D eigenvalue weighted by Gasteiger charge is 2.22. The molecule has 1 atom stereocenters. The average Bonchev–Trinajstić information content (AvgIpc) is 2.16. The van der Waals surface area contributed by atoms with Crippen molar-refractivity contribution in [3.05, 3.63) is 12.7 Å². The molecule has 0 aliphatic heterocycles. The Morgan fingerprint density at radius 3 is 2.69 bits per heavy atom. The molecule has 1 amide bonds. The summed E-state index contributed by atoms with van der Waals surface area (Å²) in [6.45, 7) is 12.4. The third-order valence-electron chi connectivity index (χ3n) is 2.35. The SMILES string of the molecule is C=CC(=O)NC(C)(C)CC(C)OCCCC. The lowest BCUT2D eigenvalue weighted by atomic mass is 9.97. The van der Waals surface area contributed by atoms with Crippen LogP contribution in [-0.4, -0.2) is 24.2 Å². The average molecular weight is 227 g/mol. The summed E-state index contributed by atoms with van der Waals surface area (Å²) < 4.78 is 5.66. The Morgan fingerprint density at radius 1 is 1.56 bits per heavy atom. The first-order valence-corrected chi connectivity index (χ1v) is 5.97. The monoisotopic (exact) mass is 227 g/mol. The molecular weight excluding hydrogens is 202 g/mol. The summed E-state index contributed by atoms with van der Waals surface area (Å²) in [6.07, 6.45) is 4.49. The zero-order valence-electron chi connectivity index (χ0n) is 11.0. The quantitative estimate of drug-likeness (QED) is 0.511. The predicted molar refractivity (Wildman–Crippen MR) is 67.4 cm³/mol. The Kier molecular flexibility index (Phi) is 7.06. The molecule has 0 aliphatic rings. The van der Waals surface area contributed by atoms with Gasteiger partial charge >= 0.3 is 0 Å². The van der Waals surface area contributed by atoms with E-state index in [0.29, 0.717) is 0 Å². The second kappa shape index (κ2) is 7.44. The number of carbonyl (C=O) groups excluding carboxylic acids is 1. The number of hydrogen-bond donors (Lipinski definition) is 1. The Labute approximate surface area is 99.3 Å². The zero-order chi connectivity index (χ0) is 12.6. The lowest BCUT2D eigenvalue weighted by Crippen LogP contribution is -2.45. The fourth-order valence-corrected chi connectivity index (χ4v) is 1.64. The molecule has 1 N–H and O–H groups in total. The van der Waals surface area contributed by atoms with Crippen LogP contribution in [0.2, 0.25) is 0 Å². The van der Waals surface area contributed by atoms with Crippen LogP contribution in [0, 0.1) is 0 Å². The van der Waals surface area contributed by atoms with Gasteiger partial charge in [0.05, 0.1) is 6.10 Å². The van der Waals surface area contributed by atoms with Crippen molar-refractivity contribution in [2.45, 2.75) is 58.6 Å². The van der Waals surface area contributed by atoms with E-state index in [0.717, 1.165) is 25.9 Å². The topological polar surface area (TPSA) is 38.3 Å². The largest absolute Gasteiger partial charge is 0.378 e. The van der Waals surface area contributed by atoms with Gasteiger partial charge in [-0.25, -0.2) is 0 Å². The summed E-state index contributed by atoms with van der Waals surface area (Å²) in [5, 5.41) is 2.89. The van der Waals surface area contributed by atoms with E-state index in [1.807, 2.05) is 20.8 Å². The molecular formula is C13H25NO2. The third kappa shape index (κ3) is 7.46. The van der Waals surface area contributed by atoms with Crippen molar-refractivity contribution in [1.82, 2.24) is 5.32 Å². The van der Waals surface area contributed by atoms with Crippen molar-refractivity contribution < 1.29 is 9.53 Å². The van der Waals surface area contributed by atoms with Gasteiger partial charge in [-0.3, -0.25) is 4.79 Å². The van der Waals surface area contributed by atoms with Gasteiger partial charge in [-0.1, -0.05) is 19.9 Å². The van der Waals surface area contributed by atoms with E-state index >= 15 is 0 Å². The van der Waals surface area contributed by atoms with Crippen molar-refractivity contribution in [3.63, 3.8) is 0 Å².